The van der Waals surface area contributed by atoms with Gasteiger partial charge < -0.3 is 5.11 Å². The summed E-state index contributed by atoms with van der Waals surface area (Å²) < 4.78 is 0. The van der Waals surface area contributed by atoms with E-state index >= 15 is 0 Å². The minimum atomic E-state index is 0.224. The lowest BCUT2D eigenvalue weighted by Crippen LogP contribution is -1.93. The Bertz CT molecular complexity index is 246. The summed E-state index contributed by atoms with van der Waals surface area (Å²) in [5.74, 6) is 0.756. The molecule has 0 heterocycles. The number of aliphatic hydroxyl groups excluding tert-OH is 1. The Morgan fingerprint density at radius 3 is 2.62 bits per heavy atom. The minimum Gasteiger partial charge on any atom is -0.396 e. The zero-order valence-corrected chi connectivity index (χ0v) is 8.33. The van der Waals surface area contributed by atoms with Crippen LogP contribution in [0, 0.1) is 0 Å². The standard InChI is InChI=1S/C11H14OS/c1-2-11(13-9-8-12)10-6-4-3-5-7-10/h2-7,11-12H,1,8-9H2. The summed E-state index contributed by atoms with van der Waals surface area (Å²) in [4.78, 5) is 0. The third kappa shape index (κ3) is 3.25. The van der Waals surface area contributed by atoms with E-state index in [1.54, 1.807) is 11.8 Å². The van der Waals surface area contributed by atoms with E-state index in [1.165, 1.54) is 5.56 Å². The largest absolute Gasteiger partial charge is 0.396 e. The average molecular weight is 194 g/mol. The van der Waals surface area contributed by atoms with Gasteiger partial charge in [0.05, 0.1) is 6.61 Å². The summed E-state index contributed by atoms with van der Waals surface area (Å²) in [5, 5.41) is 9.00. The van der Waals surface area contributed by atoms with E-state index in [0.29, 0.717) is 5.25 Å². The summed E-state index contributed by atoms with van der Waals surface area (Å²) in [6, 6.07) is 10.2. The van der Waals surface area contributed by atoms with Crippen LogP contribution >= 0.6 is 11.8 Å². The molecule has 2 heteroatoms. The Balaban J connectivity index is 2.61. The lowest BCUT2D eigenvalue weighted by molar-refractivity contribution is 0.322. The maximum absolute atomic E-state index is 8.70. The van der Waals surface area contributed by atoms with Gasteiger partial charge in [-0.05, 0) is 5.56 Å². The van der Waals surface area contributed by atoms with Gasteiger partial charge in [0.25, 0.3) is 0 Å². The zero-order valence-electron chi connectivity index (χ0n) is 7.52. The molecule has 0 bridgehead atoms. The van der Waals surface area contributed by atoms with Gasteiger partial charge in [0, 0.05) is 11.0 Å². The number of thioether (sulfide) groups is 1. The maximum atomic E-state index is 8.70. The van der Waals surface area contributed by atoms with Crippen molar-refractivity contribution in [3.8, 4) is 0 Å². The van der Waals surface area contributed by atoms with Crippen LogP contribution in [-0.4, -0.2) is 17.5 Å². The molecule has 1 aromatic carbocycles. The molecule has 0 saturated carbocycles. The summed E-state index contributed by atoms with van der Waals surface area (Å²) in [6.07, 6.45) is 1.91. The van der Waals surface area contributed by atoms with Crippen LogP contribution in [0.25, 0.3) is 0 Å². The first kappa shape index (κ1) is 10.4. The molecule has 1 N–H and O–H groups in total. The first-order valence-corrected chi connectivity index (χ1v) is 5.33. The zero-order chi connectivity index (χ0) is 9.52. The second kappa shape index (κ2) is 5.84. The van der Waals surface area contributed by atoms with Crippen molar-refractivity contribution in [1.29, 1.82) is 0 Å². The van der Waals surface area contributed by atoms with Crippen molar-refractivity contribution in [1.82, 2.24) is 0 Å². The molecule has 0 aromatic heterocycles. The molecule has 1 nitrogen and oxygen atoms in total. The highest BCUT2D eigenvalue weighted by Crippen LogP contribution is 2.28. The quantitative estimate of drug-likeness (QED) is 0.727. The summed E-state index contributed by atoms with van der Waals surface area (Å²) in [5.41, 5.74) is 1.25. The number of aliphatic hydroxyl groups is 1. The Kier molecular flexibility index (Phi) is 4.65. The third-order valence-electron chi connectivity index (χ3n) is 1.73. The van der Waals surface area contributed by atoms with Gasteiger partial charge in [0.1, 0.15) is 0 Å². The number of hydrogen-bond donors (Lipinski definition) is 1. The van der Waals surface area contributed by atoms with Gasteiger partial charge in [-0.25, -0.2) is 0 Å². The Hall–Kier alpha value is -0.730. The highest BCUT2D eigenvalue weighted by Gasteiger charge is 2.05. The van der Waals surface area contributed by atoms with Crippen LogP contribution in [-0.2, 0) is 0 Å². The van der Waals surface area contributed by atoms with Crippen LogP contribution in [0.4, 0.5) is 0 Å². The molecule has 0 aliphatic carbocycles. The molecule has 1 unspecified atom stereocenters. The second-order valence-electron chi connectivity index (χ2n) is 2.66. The van der Waals surface area contributed by atoms with E-state index in [2.05, 4.69) is 18.7 Å². The van der Waals surface area contributed by atoms with Crippen molar-refractivity contribution in [2.75, 3.05) is 12.4 Å². The first-order valence-electron chi connectivity index (χ1n) is 4.28. The normalized spacial score (nSPS) is 12.4. The fourth-order valence-electron chi connectivity index (χ4n) is 1.12. The molecule has 1 atom stereocenters. The molecule has 1 rings (SSSR count). The highest BCUT2D eigenvalue weighted by atomic mass is 32.2. The molecule has 0 saturated heterocycles. The lowest BCUT2D eigenvalue weighted by atomic mass is 10.1. The predicted molar refractivity (Wildman–Crippen MR) is 58.9 cm³/mol. The summed E-state index contributed by atoms with van der Waals surface area (Å²) in [7, 11) is 0. The van der Waals surface area contributed by atoms with Gasteiger partial charge in [-0.1, -0.05) is 36.4 Å². The van der Waals surface area contributed by atoms with E-state index < -0.39 is 0 Å². The topological polar surface area (TPSA) is 20.2 Å². The smallest absolute Gasteiger partial charge is 0.0522 e. The van der Waals surface area contributed by atoms with Gasteiger partial charge >= 0.3 is 0 Å². The Morgan fingerprint density at radius 2 is 2.08 bits per heavy atom. The molecule has 0 fully saturated rings. The molecule has 0 aliphatic heterocycles. The maximum Gasteiger partial charge on any atom is 0.0522 e. The van der Waals surface area contributed by atoms with Gasteiger partial charge in [0.2, 0.25) is 0 Å². The Labute approximate surface area is 83.5 Å². The van der Waals surface area contributed by atoms with Crippen molar-refractivity contribution in [3.63, 3.8) is 0 Å². The summed E-state index contributed by atoms with van der Waals surface area (Å²) >= 11 is 1.71. The minimum absolute atomic E-state index is 0.224. The molecule has 0 spiro atoms. The van der Waals surface area contributed by atoms with E-state index in [-0.39, 0.29) is 6.61 Å². The average Bonchev–Trinajstić information content (AvgIpc) is 2.21. The Morgan fingerprint density at radius 1 is 1.38 bits per heavy atom. The molecular formula is C11H14OS. The summed E-state index contributed by atoms with van der Waals surface area (Å²) in [6.45, 7) is 4.01. The van der Waals surface area contributed by atoms with Gasteiger partial charge in [0.15, 0.2) is 0 Å². The van der Waals surface area contributed by atoms with Crippen molar-refractivity contribution >= 4 is 11.8 Å². The van der Waals surface area contributed by atoms with Gasteiger partial charge in [-0.3, -0.25) is 0 Å². The molecule has 70 valence electrons. The monoisotopic (exact) mass is 194 g/mol. The van der Waals surface area contributed by atoms with Crippen LogP contribution in [0.1, 0.15) is 10.8 Å². The molecule has 0 radical (unpaired) electrons. The van der Waals surface area contributed by atoms with Crippen molar-refractivity contribution in [2.45, 2.75) is 5.25 Å². The first-order chi connectivity index (χ1) is 6.38. The fraction of sp³-hybridized carbons (Fsp3) is 0.273. The van der Waals surface area contributed by atoms with Crippen molar-refractivity contribution in [3.05, 3.63) is 48.6 Å². The van der Waals surface area contributed by atoms with Crippen LogP contribution < -0.4 is 0 Å². The molecular weight excluding hydrogens is 180 g/mol. The van der Waals surface area contributed by atoms with Crippen LogP contribution in [0.15, 0.2) is 43.0 Å². The van der Waals surface area contributed by atoms with Crippen LogP contribution in [0.5, 0.6) is 0 Å². The van der Waals surface area contributed by atoms with Gasteiger partial charge in [-0.2, -0.15) is 0 Å². The molecule has 0 aliphatic rings. The number of rotatable bonds is 5. The van der Waals surface area contributed by atoms with Crippen LogP contribution in [0.2, 0.25) is 0 Å². The van der Waals surface area contributed by atoms with E-state index in [1.807, 2.05) is 24.3 Å². The predicted octanol–water partition coefficient (Wildman–Crippen LogP) is 2.64. The van der Waals surface area contributed by atoms with E-state index in [4.69, 9.17) is 5.11 Å². The van der Waals surface area contributed by atoms with E-state index in [9.17, 15) is 0 Å². The highest BCUT2D eigenvalue weighted by molar-refractivity contribution is 7.99. The number of hydrogen-bond acceptors (Lipinski definition) is 2. The molecule has 13 heavy (non-hydrogen) atoms. The van der Waals surface area contributed by atoms with Crippen molar-refractivity contribution in [2.24, 2.45) is 0 Å². The molecule has 0 amide bonds. The van der Waals surface area contributed by atoms with Crippen LogP contribution in [0.3, 0.4) is 0 Å². The molecule has 1 aromatic rings. The fourth-order valence-corrected chi connectivity index (χ4v) is 1.97. The van der Waals surface area contributed by atoms with Gasteiger partial charge in [-0.15, -0.1) is 18.3 Å². The van der Waals surface area contributed by atoms with Crippen molar-refractivity contribution < 1.29 is 5.11 Å². The SMILES string of the molecule is C=CC(SCCO)c1ccccc1. The lowest BCUT2D eigenvalue weighted by Gasteiger charge is -2.11. The number of benzene rings is 1. The second-order valence-corrected chi connectivity index (χ2v) is 3.91. The third-order valence-corrected chi connectivity index (χ3v) is 2.97. The van der Waals surface area contributed by atoms with E-state index in [0.717, 1.165) is 5.75 Å².